The van der Waals surface area contributed by atoms with Gasteiger partial charge in [-0.2, -0.15) is 4.68 Å². The Labute approximate surface area is 151 Å². The first kappa shape index (κ1) is 15.8. The van der Waals surface area contributed by atoms with Crippen molar-refractivity contribution in [3.63, 3.8) is 0 Å². The Morgan fingerprint density at radius 3 is 2.80 bits per heavy atom. The maximum absolute atomic E-state index is 12.1. The third-order valence-corrected chi connectivity index (χ3v) is 4.69. The van der Waals surface area contributed by atoms with Crippen LogP contribution >= 0.6 is 23.4 Å². The van der Waals surface area contributed by atoms with Crippen LogP contribution in [0.15, 0.2) is 64.7 Å². The quantitative estimate of drug-likeness (QED) is 0.514. The molecule has 124 valence electrons. The van der Waals surface area contributed by atoms with Gasteiger partial charge in [-0.05, 0) is 46.8 Å². The lowest BCUT2D eigenvalue weighted by Gasteiger charge is -2.05. The van der Waals surface area contributed by atoms with Crippen molar-refractivity contribution in [3.05, 3.63) is 75.8 Å². The molecule has 3 heterocycles. The van der Waals surface area contributed by atoms with Gasteiger partial charge in [0.05, 0.1) is 11.4 Å². The minimum absolute atomic E-state index is 0.113. The first-order valence-electron chi connectivity index (χ1n) is 7.35. The fourth-order valence-electron chi connectivity index (χ4n) is 2.33. The van der Waals surface area contributed by atoms with E-state index in [-0.39, 0.29) is 5.56 Å². The van der Waals surface area contributed by atoms with Crippen LogP contribution in [0.4, 0.5) is 0 Å². The Hall–Kier alpha value is -2.71. The zero-order valence-electron chi connectivity index (χ0n) is 12.8. The lowest BCUT2D eigenvalue weighted by molar-refractivity contribution is 0.756. The maximum Gasteiger partial charge on any atom is 0.258 e. The number of halogens is 1. The maximum atomic E-state index is 12.1. The van der Waals surface area contributed by atoms with Crippen molar-refractivity contribution in [1.29, 1.82) is 0 Å². The van der Waals surface area contributed by atoms with Gasteiger partial charge in [0.25, 0.3) is 5.56 Å². The Bertz CT molecular complexity index is 1090. The summed E-state index contributed by atoms with van der Waals surface area (Å²) in [6.07, 6.45) is 1.70. The molecular weight excluding hydrogens is 360 g/mol. The molecule has 0 aliphatic heterocycles. The Kier molecular flexibility index (Phi) is 4.21. The van der Waals surface area contributed by atoms with E-state index in [2.05, 4.69) is 20.5 Å². The summed E-state index contributed by atoms with van der Waals surface area (Å²) >= 11 is 7.32. The first-order chi connectivity index (χ1) is 12.2. The summed E-state index contributed by atoms with van der Waals surface area (Å²) in [6, 6.07) is 14.2. The Morgan fingerprint density at radius 2 is 1.96 bits per heavy atom. The molecule has 25 heavy (non-hydrogen) atoms. The van der Waals surface area contributed by atoms with Gasteiger partial charge in [0.1, 0.15) is 5.65 Å². The SMILES string of the molecule is O=c1cc(CSc2nnnn2-c2ccc(Cl)cc2)nc2ccccn12. The van der Waals surface area contributed by atoms with E-state index in [9.17, 15) is 4.79 Å². The molecule has 0 saturated heterocycles. The molecule has 0 aliphatic carbocycles. The number of nitrogens with zero attached hydrogens (tertiary/aromatic N) is 6. The molecule has 0 radical (unpaired) electrons. The summed E-state index contributed by atoms with van der Waals surface area (Å²) in [4.78, 5) is 16.6. The first-order valence-corrected chi connectivity index (χ1v) is 8.71. The highest BCUT2D eigenvalue weighted by atomic mass is 35.5. The standard InChI is InChI=1S/C16H11ClN6OS/c17-11-4-6-13(7-5-11)23-16(19-20-21-23)25-10-12-9-15(24)22-8-2-1-3-14(22)18-12/h1-9H,10H2. The van der Waals surface area contributed by atoms with Gasteiger partial charge in [-0.15, -0.1) is 5.10 Å². The summed E-state index contributed by atoms with van der Waals surface area (Å²) < 4.78 is 3.13. The molecule has 1 aromatic carbocycles. The second kappa shape index (κ2) is 6.66. The largest absolute Gasteiger partial charge is 0.269 e. The molecule has 3 aromatic heterocycles. The number of fused-ring (bicyclic) bond motifs is 1. The predicted octanol–water partition coefficient (Wildman–Crippen LogP) is 2.62. The van der Waals surface area contributed by atoms with E-state index < -0.39 is 0 Å². The van der Waals surface area contributed by atoms with Crippen LogP contribution in [0.3, 0.4) is 0 Å². The highest BCUT2D eigenvalue weighted by Gasteiger charge is 2.10. The van der Waals surface area contributed by atoms with Crippen molar-refractivity contribution < 1.29 is 0 Å². The minimum atomic E-state index is -0.113. The molecule has 0 amide bonds. The van der Waals surface area contributed by atoms with E-state index in [1.807, 2.05) is 18.2 Å². The summed E-state index contributed by atoms with van der Waals surface area (Å²) in [5.74, 6) is 0.481. The number of thioether (sulfide) groups is 1. The summed E-state index contributed by atoms with van der Waals surface area (Å²) in [7, 11) is 0. The average molecular weight is 371 g/mol. The van der Waals surface area contributed by atoms with Crippen LogP contribution in [0.5, 0.6) is 0 Å². The molecule has 4 rings (SSSR count). The lowest BCUT2D eigenvalue weighted by Crippen LogP contribution is -2.14. The molecule has 0 fully saturated rings. The molecule has 0 N–H and O–H groups in total. The van der Waals surface area contributed by atoms with Crippen molar-refractivity contribution in [2.45, 2.75) is 10.9 Å². The van der Waals surface area contributed by atoms with Gasteiger partial charge in [-0.3, -0.25) is 9.20 Å². The lowest BCUT2D eigenvalue weighted by atomic mass is 10.3. The van der Waals surface area contributed by atoms with Crippen LogP contribution in [-0.4, -0.2) is 29.6 Å². The van der Waals surface area contributed by atoms with Crippen molar-refractivity contribution in [2.24, 2.45) is 0 Å². The predicted molar refractivity (Wildman–Crippen MR) is 95.2 cm³/mol. The fraction of sp³-hybridized carbons (Fsp3) is 0.0625. The topological polar surface area (TPSA) is 78.0 Å². The van der Waals surface area contributed by atoms with Crippen molar-refractivity contribution >= 4 is 29.0 Å². The summed E-state index contributed by atoms with van der Waals surface area (Å²) in [5, 5.41) is 13.0. The molecule has 0 unspecified atom stereocenters. The van der Waals surface area contributed by atoms with E-state index in [4.69, 9.17) is 11.6 Å². The van der Waals surface area contributed by atoms with E-state index in [1.165, 1.54) is 22.2 Å². The Balaban J connectivity index is 1.59. The number of rotatable bonds is 4. The van der Waals surface area contributed by atoms with Crippen molar-refractivity contribution in [3.8, 4) is 5.69 Å². The third-order valence-electron chi connectivity index (χ3n) is 3.49. The van der Waals surface area contributed by atoms with Gasteiger partial charge < -0.3 is 0 Å². The van der Waals surface area contributed by atoms with E-state index in [0.717, 1.165) is 5.69 Å². The van der Waals surface area contributed by atoms with Crippen LogP contribution in [0.2, 0.25) is 5.02 Å². The summed E-state index contributed by atoms with van der Waals surface area (Å²) in [6.45, 7) is 0. The number of hydrogen-bond acceptors (Lipinski definition) is 6. The van der Waals surface area contributed by atoms with Crippen LogP contribution in [0.25, 0.3) is 11.3 Å². The van der Waals surface area contributed by atoms with Crippen LogP contribution < -0.4 is 5.56 Å². The molecule has 0 saturated carbocycles. The fourth-order valence-corrected chi connectivity index (χ4v) is 3.24. The third kappa shape index (κ3) is 3.26. The average Bonchev–Trinajstić information content (AvgIpc) is 3.09. The van der Waals surface area contributed by atoms with Crippen LogP contribution in [0, 0.1) is 0 Å². The van der Waals surface area contributed by atoms with Gasteiger partial charge in [-0.25, -0.2) is 4.98 Å². The molecule has 0 bridgehead atoms. The minimum Gasteiger partial charge on any atom is -0.269 e. The smallest absolute Gasteiger partial charge is 0.258 e. The van der Waals surface area contributed by atoms with E-state index in [0.29, 0.717) is 27.3 Å². The van der Waals surface area contributed by atoms with Gasteiger partial charge in [0.2, 0.25) is 5.16 Å². The van der Waals surface area contributed by atoms with Crippen LogP contribution in [-0.2, 0) is 5.75 Å². The molecule has 0 spiro atoms. The number of tetrazole rings is 1. The van der Waals surface area contributed by atoms with Gasteiger partial charge in [-0.1, -0.05) is 29.4 Å². The summed E-state index contributed by atoms with van der Waals surface area (Å²) in [5.41, 5.74) is 1.98. The molecular formula is C16H11ClN6OS. The monoisotopic (exact) mass is 370 g/mol. The molecule has 7 nitrogen and oxygen atoms in total. The zero-order chi connectivity index (χ0) is 17.2. The molecule has 0 aliphatic rings. The van der Waals surface area contributed by atoms with Crippen LogP contribution in [0.1, 0.15) is 5.69 Å². The van der Waals surface area contributed by atoms with Gasteiger partial charge in [0, 0.05) is 23.0 Å². The molecule has 0 atom stereocenters. The van der Waals surface area contributed by atoms with Crippen molar-refractivity contribution in [2.75, 3.05) is 0 Å². The highest BCUT2D eigenvalue weighted by Crippen LogP contribution is 2.22. The van der Waals surface area contributed by atoms with Gasteiger partial charge in [0.15, 0.2) is 0 Å². The highest BCUT2D eigenvalue weighted by molar-refractivity contribution is 7.98. The number of aromatic nitrogens is 6. The number of pyridine rings is 1. The van der Waals surface area contributed by atoms with Gasteiger partial charge >= 0.3 is 0 Å². The normalized spacial score (nSPS) is 11.1. The Morgan fingerprint density at radius 1 is 1.12 bits per heavy atom. The number of benzene rings is 1. The zero-order valence-corrected chi connectivity index (χ0v) is 14.4. The molecule has 9 heteroatoms. The number of hydrogen-bond donors (Lipinski definition) is 0. The second-order valence-corrected chi connectivity index (χ2v) is 6.53. The molecule has 4 aromatic rings. The van der Waals surface area contributed by atoms with E-state index >= 15 is 0 Å². The van der Waals surface area contributed by atoms with Crippen molar-refractivity contribution in [1.82, 2.24) is 29.6 Å². The van der Waals surface area contributed by atoms with E-state index in [1.54, 1.807) is 35.1 Å². The second-order valence-electron chi connectivity index (χ2n) is 5.15.